The zero-order chi connectivity index (χ0) is 18.5. The molecule has 1 saturated heterocycles. The predicted molar refractivity (Wildman–Crippen MR) is 107 cm³/mol. The molecule has 3 rings (SSSR count). The number of morpholine rings is 1. The van der Waals surface area contributed by atoms with Crippen LogP contribution in [0.1, 0.15) is 32.6 Å². The summed E-state index contributed by atoms with van der Waals surface area (Å²) in [7, 11) is 0. The molecule has 1 fully saturated rings. The van der Waals surface area contributed by atoms with Crippen LogP contribution in [-0.2, 0) is 11.3 Å². The van der Waals surface area contributed by atoms with Gasteiger partial charge in [0.1, 0.15) is 0 Å². The van der Waals surface area contributed by atoms with Crippen LogP contribution in [0.2, 0.25) is 0 Å². The topological polar surface area (TPSA) is 32.8 Å². The Labute approximate surface area is 160 Å². The average Bonchev–Trinajstić information content (AvgIpc) is 2.99. The van der Waals surface area contributed by atoms with E-state index in [1.54, 1.807) is 11.3 Å². The molecule has 140 valence electrons. The molecule has 1 amide bonds. The molecular formula is C21H28N2O2S. The van der Waals surface area contributed by atoms with E-state index in [2.05, 4.69) is 30.9 Å². The number of carbonyl (C=O) groups is 1. The lowest BCUT2D eigenvalue weighted by Gasteiger charge is -2.35. The van der Waals surface area contributed by atoms with Crippen molar-refractivity contribution in [1.29, 1.82) is 0 Å². The standard InChI is InChI=1S/C21H28N2O2S/c1-16(14-22-9-11-25-12-10-22)23(15-19-7-5-4-6-8-19)21(24)20-13-17(2)26-18(20)3/h4-8,13,16H,9-12,14-15H2,1-3H3. The minimum Gasteiger partial charge on any atom is -0.379 e. The Kier molecular flexibility index (Phi) is 6.46. The van der Waals surface area contributed by atoms with E-state index in [1.807, 2.05) is 36.1 Å². The number of ether oxygens (including phenoxy) is 1. The van der Waals surface area contributed by atoms with E-state index in [9.17, 15) is 4.79 Å². The number of thiophene rings is 1. The van der Waals surface area contributed by atoms with Crippen molar-refractivity contribution in [3.63, 3.8) is 0 Å². The van der Waals surface area contributed by atoms with Crippen LogP contribution in [0.15, 0.2) is 36.4 Å². The molecule has 1 aliphatic heterocycles. The first kappa shape index (κ1) is 19.1. The molecule has 0 aliphatic carbocycles. The van der Waals surface area contributed by atoms with Gasteiger partial charge in [0.2, 0.25) is 0 Å². The Bertz CT molecular complexity index is 723. The Hall–Kier alpha value is -1.69. The molecule has 5 heteroatoms. The van der Waals surface area contributed by atoms with Gasteiger partial charge in [0.05, 0.1) is 18.8 Å². The normalized spacial score (nSPS) is 16.4. The molecule has 2 heterocycles. The first-order valence-corrected chi connectivity index (χ1v) is 10.1. The number of rotatable bonds is 6. The third kappa shape index (κ3) is 4.72. The van der Waals surface area contributed by atoms with Crippen molar-refractivity contribution >= 4 is 17.2 Å². The molecule has 0 spiro atoms. The third-order valence-electron chi connectivity index (χ3n) is 4.89. The minimum absolute atomic E-state index is 0.136. The fourth-order valence-corrected chi connectivity index (χ4v) is 4.38. The van der Waals surface area contributed by atoms with Gasteiger partial charge >= 0.3 is 0 Å². The number of nitrogens with zero attached hydrogens (tertiary/aromatic N) is 2. The van der Waals surface area contributed by atoms with E-state index in [4.69, 9.17) is 4.74 Å². The molecule has 0 saturated carbocycles. The van der Waals surface area contributed by atoms with Crippen LogP contribution in [-0.4, -0.2) is 54.6 Å². The molecule has 1 aliphatic rings. The molecule has 4 nitrogen and oxygen atoms in total. The molecule has 2 aromatic rings. The van der Waals surface area contributed by atoms with Crippen molar-refractivity contribution in [2.45, 2.75) is 33.4 Å². The van der Waals surface area contributed by atoms with Gasteiger partial charge in [-0.05, 0) is 32.4 Å². The maximum Gasteiger partial charge on any atom is 0.255 e. The van der Waals surface area contributed by atoms with E-state index in [1.165, 1.54) is 10.4 Å². The summed E-state index contributed by atoms with van der Waals surface area (Å²) in [5, 5.41) is 0. The highest BCUT2D eigenvalue weighted by Gasteiger charge is 2.26. The minimum atomic E-state index is 0.136. The largest absolute Gasteiger partial charge is 0.379 e. The summed E-state index contributed by atoms with van der Waals surface area (Å²) in [5.41, 5.74) is 2.01. The van der Waals surface area contributed by atoms with Gasteiger partial charge < -0.3 is 9.64 Å². The summed E-state index contributed by atoms with van der Waals surface area (Å²) in [4.78, 5) is 20.1. The van der Waals surface area contributed by atoms with E-state index in [0.717, 1.165) is 43.3 Å². The van der Waals surface area contributed by atoms with Crippen LogP contribution in [0.3, 0.4) is 0 Å². The molecular weight excluding hydrogens is 344 g/mol. The number of amides is 1. The van der Waals surface area contributed by atoms with Crippen LogP contribution in [0, 0.1) is 13.8 Å². The zero-order valence-corrected chi connectivity index (χ0v) is 16.7. The quantitative estimate of drug-likeness (QED) is 0.775. The van der Waals surface area contributed by atoms with E-state index in [-0.39, 0.29) is 11.9 Å². The number of benzene rings is 1. The molecule has 26 heavy (non-hydrogen) atoms. The van der Waals surface area contributed by atoms with Gasteiger partial charge in [0, 0.05) is 42.0 Å². The SMILES string of the molecule is Cc1cc(C(=O)N(Cc2ccccc2)C(C)CN2CCOCC2)c(C)s1. The van der Waals surface area contributed by atoms with E-state index < -0.39 is 0 Å². The Balaban J connectivity index is 1.80. The highest BCUT2D eigenvalue weighted by molar-refractivity contribution is 7.12. The molecule has 0 N–H and O–H groups in total. The smallest absolute Gasteiger partial charge is 0.255 e. The van der Waals surface area contributed by atoms with Gasteiger partial charge in [-0.25, -0.2) is 0 Å². The van der Waals surface area contributed by atoms with Gasteiger partial charge in [-0.3, -0.25) is 9.69 Å². The second kappa shape index (κ2) is 8.80. The third-order valence-corrected chi connectivity index (χ3v) is 5.85. The summed E-state index contributed by atoms with van der Waals surface area (Å²) < 4.78 is 5.45. The van der Waals surface area contributed by atoms with Gasteiger partial charge in [0.15, 0.2) is 0 Å². The van der Waals surface area contributed by atoms with Crippen LogP contribution >= 0.6 is 11.3 Å². The predicted octanol–water partition coefficient (Wildman–Crippen LogP) is 3.73. The second-order valence-corrected chi connectivity index (χ2v) is 8.47. The Morgan fingerprint density at radius 1 is 1.23 bits per heavy atom. The van der Waals surface area contributed by atoms with E-state index >= 15 is 0 Å². The fourth-order valence-electron chi connectivity index (χ4n) is 3.46. The lowest BCUT2D eigenvalue weighted by atomic mass is 10.1. The molecule has 1 aromatic carbocycles. The maximum atomic E-state index is 13.4. The van der Waals surface area contributed by atoms with Crippen LogP contribution < -0.4 is 0 Å². The highest BCUT2D eigenvalue weighted by atomic mass is 32.1. The maximum absolute atomic E-state index is 13.4. The van der Waals surface area contributed by atoms with Crippen molar-refractivity contribution in [3.8, 4) is 0 Å². The molecule has 0 bridgehead atoms. The molecule has 0 radical (unpaired) electrons. The van der Waals surface area contributed by atoms with Crippen molar-refractivity contribution in [3.05, 3.63) is 57.3 Å². The van der Waals surface area contributed by atoms with Crippen molar-refractivity contribution in [2.24, 2.45) is 0 Å². The Morgan fingerprint density at radius 2 is 1.92 bits per heavy atom. The summed E-state index contributed by atoms with van der Waals surface area (Å²) in [6.45, 7) is 11.2. The lowest BCUT2D eigenvalue weighted by Crippen LogP contribution is -2.48. The van der Waals surface area contributed by atoms with Crippen LogP contribution in [0.25, 0.3) is 0 Å². The molecule has 1 aromatic heterocycles. The fraction of sp³-hybridized carbons (Fsp3) is 0.476. The number of hydrogen-bond donors (Lipinski definition) is 0. The zero-order valence-electron chi connectivity index (χ0n) is 15.9. The monoisotopic (exact) mass is 372 g/mol. The number of carbonyl (C=O) groups excluding carboxylic acids is 1. The number of hydrogen-bond acceptors (Lipinski definition) is 4. The molecule has 1 unspecified atom stereocenters. The van der Waals surface area contributed by atoms with Gasteiger partial charge in [-0.2, -0.15) is 0 Å². The van der Waals surface area contributed by atoms with Crippen molar-refractivity contribution < 1.29 is 9.53 Å². The number of aryl methyl sites for hydroxylation is 2. The van der Waals surface area contributed by atoms with Crippen molar-refractivity contribution in [2.75, 3.05) is 32.8 Å². The highest BCUT2D eigenvalue weighted by Crippen LogP contribution is 2.24. The van der Waals surface area contributed by atoms with Gasteiger partial charge in [-0.1, -0.05) is 30.3 Å². The summed E-state index contributed by atoms with van der Waals surface area (Å²) in [6.07, 6.45) is 0. The summed E-state index contributed by atoms with van der Waals surface area (Å²) in [5.74, 6) is 0.136. The van der Waals surface area contributed by atoms with Crippen LogP contribution in [0.5, 0.6) is 0 Å². The van der Waals surface area contributed by atoms with E-state index in [0.29, 0.717) is 6.54 Å². The first-order valence-electron chi connectivity index (χ1n) is 9.26. The lowest BCUT2D eigenvalue weighted by molar-refractivity contribution is 0.0228. The first-order chi connectivity index (χ1) is 12.5. The van der Waals surface area contributed by atoms with Crippen LogP contribution in [0.4, 0.5) is 0 Å². The molecule has 1 atom stereocenters. The Morgan fingerprint density at radius 3 is 2.54 bits per heavy atom. The van der Waals surface area contributed by atoms with Crippen molar-refractivity contribution in [1.82, 2.24) is 9.80 Å². The second-order valence-electron chi connectivity index (χ2n) is 7.01. The average molecular weight is 373 g/mol. The summed E-state index contributed by atoms with van der Waals surface area (Å²) in [6, 6.07) is 12.4. The summed E-state index contributed by atoms with van der Waals surface area (Å²) >= 11 is 1.69. The van der Waals surface area contributed by atoms with Gasteiger partial charge in [-0.15, -0.1) is 11.3 Å². The van der Waals surface area contributed by atoms with Gasteiger partial charge in [0.25, 0.3) is 5.91 Å².